The Morgan fingerprint density at radius 1 is 0.704 bits per heavy atom. The summed E-state index contributed by atoms with van der Waals surface area (Å²) in [6, 6.07) is 0. The Morgan fingerprint density at radius 3 is 1.33 bits per heavy atom. The Kier molecular flexibility index (Phi) is 16.0. The summed E-state index contributed by atoms with van der Waals surface area (Å²) in [7, 11) is -4.41. The molecule has 5 heteroatoms. The van der Waals surface area contributed by atoms with Gasteiger partial charge in [-0.15, -0.1) is 0 Å². The van der Waals surface area contributed by atoms with Gasteiger partial charge in [0.25, 0.3) is 0 Å². The third-order valence-electron chi connectivity index (χ3n) is 5.30. The Labute approximate surface area is 169 Å². The fourth-order valence-electron chi connectivity index (χ4n) is 3.51. The molecule has 0 aromatic carbocycles. The average molecular weight is 407 g/mol. The van der Waals surface area contributed by atoms with Gasteiger partial charge < -0.3 is 9.79 Å². The van der Waals surface area contributed by atoms with Crippen molar-refractivity contribution in [3.8, 4) is 0 Å². The molecule has 0 bridgehead atoms. The van der Waals surface area contributed by atoms with Crippen molar-refractivity contribution in [1.29, 1.82) is 0 Å². The van der Waals surface area contributed by atoms with Crippen LogP contribution < -0.4 is 0 Å². The number of hydrogen-bond donors (Lipinski definition) is 2. The van der Waals surface area contributed by atoms with Gasteiger partial charge in [-0.25, -0.2) is 4.57 Å². The lowest BCUT2D eigenvalue weighted by Crippen LogP contribution is -2.28. The maximum absolute atomic E-state index is 11.1. The molecule has 0 aliphatic carbocycles. The summed E-state index contributed by atoms with van der Waals surface area (Å²) in [5.41, 5.74) is -0.253. The Hall–Kier alpha value is 0.110. The molecule has 1 unspecified atom stereocenters. The average Bonchev–Trinajstić information content (AvgIpc) is 2.55. The third-order valence-corrected chi connectivity index (χ3v) is 5.83. The van der Waals surface area contributed by atoms with Crippen LogP contribution in [-0.2, 0) is 9.09 Å². The van der Waals surface area contributed by atoms with E-state index in [0.29, 0.717) is 6.42 Å². The smallest absolute Gasteiger partial charge is 0.303 e. The van der Waals surface area contributed by atoms with Crippen molar-refractivity contribution in [2.24, 2.45) is 5.41 Å². The van der Waals surface area contributed by atoms with E-state index in [0.717, 1.165) is 12.8 Å². The van der Waals surface area contributed by atoms with Gasteiger partial charge in [-0.3, -0.25) is 4.52 Å². The number of unbranched alkanes of at least 4 members (excludes halogenated alkanes) is 14. The van der Waals surface area contributed by atoms with Crippen LogP contribution >= 0.6 is 7.82 Å². The minimum atomic E-state index is -4.41. The first kappa shape index (κ1) is 27.1. The van der Waals surface area contributed by atoms with E-state index < -0.39 is 7.82 Å². The monoisotopic (exact) mass is 406 g/mol. The number of phosphoric ester groups is 1. The highest BCUT2D eigenvalue weighted by molar-refractivity contribution is 7.46. The van der Waals surface area contributed by atoms with Crippen LogP contribution in [0.1, 0.15) is 130 Å². The van der Waals surface area contributed by atoms with Crippen LogP contribution in [0.3, 0.4) is 0 Å². The SMILES string of the molecule is CCCCCCCCCCCCCCCCCC(OP(=O)(O)O)C(C)(C)C. The van der Waals surface area contributed by atoms with Crippen molar-refractivity contribution < 1.29 is 18.9 Å². The van der Waals surface area contributed by atoms with Gasteiger partial charge in [-0.2, -0.15) is 0 Å². The normalized spacial score (nSPS) is 13.9. The van der Waals surface area contributed by atoms with Crippen LogP contribution in [0.15, 0.2) is 0 Å². The fourth-order valence-corrected chi connectivity index (χ4v) is 4.26. The van der Waals surface area contributed by atoms with Gasteiger partial charge in [0.05, 0.1) is 6.10 Å². The summed E-state index contributed by atoms with van der Waals surface area (Å²) in [6.07, 6.45) is 20.1. The molecule has 4 nitrogen and oxygen atoms in total. The molecule has 0 aromatic rings. The van der Waals surface area contributed by atoms with Gasteiger partial charge in [0.1, 0.15) is 0 Å². The standard InChI is InChI=1S/C22H47O4P/c1-5-6-7-8-9-10-11-12-13-14-15-16-17-18-19-20-21(22(2,3)4)26-27(23,24)25/h21H,5-20H2,1-4H3,(H2,23,24,25). The van der Waals surface area contributed by atoms with E-state index >= 15 is 0 Å². The minimum absolute atomic E-state index is 0.253. The van der Waals surface area contributed by atoms with Gasteiger partial charge >= 0.3 is 7.82 Å². The van der Waals surface area contributed by atoms with Gasteiger partial charge in [0, 0.05) is 0 Å². The van der Waals surface area contributed by atoms with Crippen molar-refractivity contribution in [2.45, 2.75) is 137 Å². The highest BCUT2D eigenvalue weighted by Gasteiger charge is 2.31. The molecule has 27 heavy (non-hydrogen) atoms. The largest absolute Gasteiger partial charge is 0.469 e. The zero-order valence-electron chi connectivity index (χ0n) is 18.5. The summed E-state index contributed by atoms with van der Waals surface area (Å²) >= 11 is 0. The van der Waals surface area contributed by atoms with Crippen LogP contribution in [0.2, 0.25) is 0 Å². The van der Waals surface area contributed by atoms with Crippen LogP contribution in [0.4, 0.5) is 0 Å². The number of rotatable bonds is 18. The lowest BCUT2D eigenvalue weighted by Gasteiger charge is -2.30. The molecule has 0 spiro atoms. The molecule has 0 aromatic heterocycles. The summed E-state index contributed by atoms with van der Waals surface area (Å²) in [6.45, 7) is 8.18. The molecule has 0 fully saturated rings. The lowest BCUT2D eigenvalue weighted by molar-refractivity contribution is 0.0450. The van der Waals surface area contributed by atoms with E-state index in [4.69, 9.17) is 14.3 Å². The molecule has 0 amide bonds. The van der Waals surface area contributed by atoms with Crippen LogP contribution in [0.25, 0.3) is 0 Å². The van der Waals surface area contributed by atoms with E-state index in [9.17, 15) is 4.57 Å². The van der Waals surface area contributed by atoms with Gasteiger partial charge in [0.2, 0.25) is 0 Å². The molecule has 2 N–H and O–H groups in total. The predicted octanol–water partition coefficient (Wildman–Crippen LogP) is 7.77. The Bertz CT molecular complexity index is 373. The number of hydrogen-bond acceptors (Lipinski definition) is 2. The molecule has 0 aliphatic rings. The minimum Gasteiger partial charge on any atom is -0.303 e. The topological polar surface area (TPSA) is 66.8 Å². The Balaban J connectivity index is 3.49. The van der Waals surface area contributed by atoms with Crippen molar-refractivity contribution in [1.82, 2.24) is 0 Å². The van der Waals surface area contributed by atoms with E-state index in [1.165, 1.54) is 83.5 Å². The summed E-state index contributed by atoms with van der Waals surface area (Å²) in [4.78, 5) is 18.1. The van der Waals surface area contributed by atoms with Crippen molar-refractivity contribution >= 4 is 7.82 Å². The van der Waals surface area contributed by atoms with Gasteiger partial charge in [-0.05, 0) is 11.8 Å². The highest BCUT2D eigenvalue weighted by atomic mass is 31.2. The lowest BCUT2D eigenvalue weighted by atomic mass is 9.86. The molecule has 0 heterocycles. The summed E-state index contributed by atoms with van der Waals surface area (Å²) < 4.78 is 16.1. The summed E-state index contributed by atoms with van der Waals surface area (Å²) in [5, 5.41) is 0. The van der Waals surface area contributed by atoms with Gasteiger partial charge in [-0.1, -0.05) is 124 Å². The van der Waals surface area contributed by atoms with E-state index in [-0.39, 0.29) is 11.5 Å². The second-order valence-electron chi connectivity index (χ2n) is 9.19. The van der Waals surface area contributed by atoms with Crippen molar-refractivity contribution in [3.63, 3.8) is 0 Å². The Morgan fingerprint density at radius 2 is 1.04 bits per heavy atom. The molecule has 0 rings (SSSR count). The van der Waals surface area contributed by atoms with Crippen molar-refractivity contribution in [2.75, 3.05) is 0 Å². The van der Waals surface area contributed by atoms with E-state index in [1.807, 2.05) is 20.8 Å². The number of phosphoric acid groups is 1. The molecule has 0 radical (unpaired) electrons. The molecule has 0 saturated carbocycles. The molecule has 0 aliphatic heterocycles. The van der Waals surface area contributed by atoms with Crippen LogP contribution in [-0.4, -0.2) is 15.9 Å². The quantitative estimate of drug-likeness (QED) is 0.180. The zero-order chi connectivity index (χ0) is 20.6. The van der Waals surface area contributed by atoms with E-state index in [2.05, 4.69) is 6.92 Å². The molecule has 1 atom stereocenters. The van der Waals surface area contributed by atoms with E-state index in [1.54, 1.807) is 0 Å². The second kappa shape index (κ2) is 16.0. The molecule has 0 saturated heterocycles. The predicted molar refractivity (Wildman–Crippen MR) is 116 cm³/mol. The first-order valence-corrected chi connectivity index (χ1v) is 12.9. The van der Waals surface area contributed by atoms with Crippen molar-refractivity contribution in [3.05, 3.63) is 0 Å². The second-order valence-corrected chi connectivity index (χ2v) is 10.4. The molecular weight excluding hydrogens is 359 g/mol. The van der Waals surface area contributed by atoms with Gasteiger partial charge in [0.15, 0.2) is 0 Å². The maximum atomic E-state index is 11.1. The fraction of sp³-hybridized carbons (Fsp3) is 1.00. The first-order chi connectivity index (χ1) is 12.7. The maximum Gasteiger partial charge on any atom is 0.469 e. The third kappa shape index (κ3) is 19.2. The highest BCUT2D eigenvalue weighted by Crippen LogP contribution is 2.43. The van der Waals surface area contributed by atoms with Crippen LogP contribution in [0, 0.1) is 5.41 Å². The summed E-state index contributed by atoms with van der Waals surface area (Å²) in [5.74, 6) is 0. The van der Waals surface area contributed by atoms with Crippen LogP contribution in [0.5, 0.6) is 0 Å². The molecule has 164 valence electrons. The molecular formula is C22H47O4P. The first-order valence-electron chi connectivity index (χ1n) is 11.4. The zero-order valence-corrected chi connectivity index (χ0v) is 19.4.